The highest BCUT2D eigenvalue weighted by Gasteiger charge is 2.35. The van der Waals surface area contributed by atoms with Crippen molar-refractivity contribution in [2.45, 2.75) is 66.2 Å². The van der Waals surface area contributed by atoms with Crippen molar-refractivity contribution in [2.24, 2.45) is 10.1 Å². The van der Waals surface area contributed by atoms with E-state index in [1.54, 1.807) is 6.08 Å². The number of amides is 1. The van der Waals surface area contributed by atoms with Gasteiger partial charge < -0.3 is 9.30 Å². The predicted octanol–water partition coefficient (Wildman–Crippen LogP) is 6.47. The summed E-state index contributed by atoms with van der Waals surface area (Å²) in [6.45, 7) is 8.85. The van der Waals surface area contributed by atoms with E-state index in [9.17, 15) is 4.79 Å². The first-order valence-corrected chi connectivity index (χ1v) is 13.2. The highest BCUT2D eigenvalue weighted by Crippen LogP contribution is 2.31. The van der Waals surface area contributed by atoms with E-state index in [4.69, 9.17) is 10.1 Å². The molecule has 1 N–H and O–H groups in total. The molecule has 0 saturated carbocycles. The van der Waals surface area contributed by atoms with Crippen LogP contribution in [0.15, 0.2) is 46.0 Å². The summed E-state index contributed by atoms with van der Waals surface area (Å²) < 4.78 is 7.69. The van der Waals surface area contributed by atoms with Crippen LogP contribution in [-0.2, 0) is 4.79 Å². The first-order chi connectivity index (χ1) is 16.9. The number of thioether (sulfide) groups is 1. The number of aliphatic imine (C=N–C) groups is 1. The summed E-state index contributed by atoms with van der Waals surface area (Å²) in [6, 6.07) is 9.98. The van der Waals surface area contributed by atoms with Gasteiger partial charge in [-0.3, -0.25) is 10.2 Å². The quantitative estimate of drug-likeness (QED) is 0.305. The number of carbonyl (C=O) groups is 1. The van der Waals surface area contributed by atoms with Gasteiger partial charge in [-0.2, -0.15) is 15.1 Å². The minimum absolute atomic E-state index is 0.0827. The number of hydrogen-bond donors (Lipinski definition) is 1. The minimum Gasteiger partial charge on any atom is -0.494 e. The fraction of sp³-hybridized carbons (Fsp3) is 0.407. The van der Waals surface area contributed by atoms with Crippen LogP contribution < -0.4 is 4.74 Å². The zero-order valence-corrected chi connectivity index (χ0v) is 21.7. The lowest BCUT2D eigenvalue weighted by molar-refractivity contribution is -0.114. The monoisotopic (exact) mass is 491 g/mol. The smallest absolute Gasteiger partial charge is 0.283 e. The average molecular weight is 492 g/mol. The van der Waals surface area contributed by atoms with Crippen LogP contribution in [0, 0.1) is 19.3 Å². The molecule has 3 heterocycles. The lowest BCUT2D eigenvalue weighted by atomic mass is 10.1. The molecule has 1 aromatic heterocycles. The van der Waals surface area contributed by atoms with Crippen LogP contribution in [0.5, 0.6) is 5.75 Å². The summed E-state index contributed by atoms with van der Waals surface area (Å²) in [5.41, 5.74) is 4.19. The molecule has 0 unspecified atom stereocenters. The third kappa shape index (κ3) is 5.42. The molecule has 7 nitrogen and oxygen atoms in total. The van der Waals surface area contributed by atoms with Gasteiger partial charge in [-0.05, 0) is 87.3 Å². The average Bonchev–Trinajstić information content (AvgIpc) is 3.37. The highest BCUT2D eigenvalue weighted by atomic mass is 32.2. The van der Waals surface area contributed by atoms with E-state index < -0.39 is 0 Å². The highest BCUT2D eigenvalue weighted by molar-refractivity contribution is 8.26. The van der Waals surface area contributed by atoms with E-state index in [1.165, 1.54) is 42.5 Å². The van der Waals surface area contributed by atoms with Gasteiger partial charge in [0.25, 0.3) is 5.91 Å². The lowest BCUT2D eigenvalue weighted by Crippen LogP contribution is -2.35. The molecule has 0 aliphatic carbocycles. The summed E-state index contributed by atoms with van der Waals surface area (Å²) in [7, 11) is 0. The third-order valence-electron chi connectivity index (χ3n) is 6.17. The molecule has 0 fully saturated rings. The van der Waals surface area contributed by atoms with E-state index in [0.717, 1.165) is 46.3 Å². The van der Waals surface area contributed by atoms with Gasteiger partial charge in [0.05, 0.1) is 12.2 Å². The van der Waals surface area contributed by atoms with Crippen molar-refractivity contribution >= 4 is 39.8 Å². The molecule has 4 rings (SSSR count). The van der Waals surface area contributed by atoms with Gasteiger partial charge in [0.2, 0.25) is 5.17 Å². The largest absolute Gasteiger partial charge is 0.494 e. The zero-order chi connectivity index (χ0) is 24.9. The minimum atomic E-state index is -0.390. The van der Waals surface area contributed by atoms with Crippen LogP contribution in [0.1, 0.15) is 69.3 Å². The molecule has 35 heavy (non-hydrogen) atoms. The second kappa shape index (κ2) is 11.1. The van der Waals surface area contributed by atoms with E-state index in [-0.39, 0.29) is 17.3 Å². The predicted molar refractivity (Wildman–Crippen MR) is 145 cm³/mol. The SMILES string of the molecule is CCCCCCCC1=NN2C(=N)/C(=C/c3cc(C)n(-c4ccc(OCC)cc4)c3C)C(=O)N=C2S1. The maximum Gasteiger partial charge on any atom is 0.283 e. The summed E-state index contributed by atoms with van der Waals surface area (Å²) in [4.78, 5) is 17.1. The van der Waals surface area contributed by atoms with Gasteiger partial charge in [0, 0.05) is 17.1 Å². The first-order valence-electron chi connectivity index (χ1n) is 12.3. The number of benzene rings is 1. The second-order valence-electron chi connectivity index (χ2n) is 8.77. The van der Waals surface area contributed by atoms with Gasteiger partial charge in [-0.1, -0.05) is 32.6 Å². The van der Waals surface area contributed by atoms with Gasteiger partial charge >= 0.3 is 0 Å². The maximum atomic E-state index is 12.9. The van der Waals surface area contributed by atoms with Crippen LogP contribution in [-0.4, -0.2) is 38.1 Å². The molecule has 2 aliphatic heterocycles. The lowest BCUT2D eigenvalue weighted by Gasteiger charge is -2.20. The summed E-state index contributed by atoms with van der Waals surface area (Å²) in [6.07, 6.45) is 8.56. The number of nitrogens with one attached hydrogen (secondary N) is 1. The van der Waals surface area contributed by atoms with Crippen molar-refractivity contribution in [3.63, 3.8) is 0 Å². The molecular formula is C27H33N5O2S. The van der Waals surface area contributed by atoms with Gasteiger partial charge in [-0.15, -0.1) is 0 Å². The number of rotatable bonds is 10. The Kier molecular flexibility index (Phi) is 7.90. The molecule has 1 amide bonds. The number of hydrazone groups is 1. The molecule has 0 bridgehead atoms. The number of unbranched alkanes of at least 4 members (excludes halogenated alkanes) is 4. The van der Waals surface area contributed by atoms with Gasteiger partial charge in [-0.25, -0.2) is 0 Å². The van der Waals surface area contributed by atoms with E-state index in [2.05, 4.69) is 21.6 Å². The van der Waals surface area contributed by atoms with E-state index >= 15 is 0 Å². The number of carbonyl (C=O) groups excluding carboxylic acids is 1. The summed E-state index contributed by atoms with van der Waals surface area (Å²) >= 11 is 1.41. The van der Waals surface area contributed by atoms with Crippen molar-refractivity contribution < 1.29 is 9.53 Å². The van der Waals surface area contributed by atoms with Crippen molar-refractivity contribution in [1.29, 1.82) is 5.41 Å². The van der Waals surface area contributed by atoms with Crippen LogP contribution >= 0.6 is 11.8 Å². The number of nitrogens with zero attached hydrogens (tertiary/aromatic N) is 4. The Morgan fingerprint density at radius 2 is 1.83 bits per heavy atom. The number of ether oxygens (including phenoxy) is 1. The Morgan fingerprint density at radius 1 is 1.09 bits per heavy atom. The molecule has 184 valence electrons. The van der Waals surface area contributed by atoms with Crippen LogP contribution in [0.25, 0.3) is 11.8 Å². The van der Waals surface area contributed by atoms with Crippen LogP contribution in [0.3, 0.4) is 0 Å². The number of hydrogen-bond acceptors (Lipinski definition) is 5. The number of aromatic nitrogens is 1. The van der Waals surface area contributed by atoms with Crippen LogP contribution in [0.4, 0.5) is 0 Å². The van der Waals surface area contributed by atoms with Crippen molar-refractivity contribution in [3.05, 3.63) is 52.9 Å². The molecular weight excluding hydrogens is 458 g/mol. The van der Waals surface area contributed by atoms with Gasteiger partial charge in [0.15, 0.2) is 5.84 Å². The normalized spacial score (nSPS) is 16.6. The van der Waals surface area contributed by atoms with Crippen molar-refractivity contribution in [1.82, 2.24) is 9.58 Å². The second-order valence-corrected chi connectivity index (χ2v) is 9.81. The number of amidine groups is 2. The zero-order valence-electron chi connectivity index (χ0n) is 20.9. The molecule has 0 atom stereocenters. The number of aryl methyl sites for hydroxylation is 1. The third-order valence-corrected chi connectivity index (χ3v) is 7.13. The standard InChI is InChI=1S/C27H33N5O2S/c1-5-7-8-9-10-11-24-30-32-25(28)23(26(33)29-27(32)35-24)17-20-16-18(3)31(19(20)4)21-12-14-22(15-13-21)34-6-2/h12-17,28H,5-11H2,1-4H3/b23-17-,28-25?. The molecule has 2 aromatic rings. The fourth-order valence-corrected chi connectivity index (χ4v) is 5.28. The fourth-order valence-electron chi connectivity index (χ4n) is 4.36. The Hall–Kier alpha value is -3.13. The molecule has 0 radical (unpaired) electrons. The molecule has 1 aromatic carbocycles. The van der Waals surface area contributed by atoms with E-state index in [1.807, 2.05) is 51.1 Å². The topological polar surface area (TPSA) is 83.0 Å². The Bertz CT molecular complexity index is 1210. The number of fused-ring (bicyclic) bond motifs is 1. The molecule has 2 aliphatic rings. The Balaban J connectivity index is 1.54. The molecule has 8 heteroatoms. The summed E-state index contributed by atoms with van der Waals surface area (Å²) in [5, 5.41) is 16.2. The first kappa shape index (κ1) is 25.0. The van der Waals surface area contributed by atoms with Gasteiger partial charge in [0.1, 0.15) is 10.8 Å². The van der Waals surface area contributed by atoms with E-state index in [0.29, 0.717) is 11.8 Å². The van der Waals surface area contributed by atoms with Crippen molar-refractivity contribution in [3.8, 4) is 11.4 Å². The molecule has 0 saturated heterocycles. The Labute approximate surface area is 211 Å². The maximum absolute atomic E-state index is 12.9. The van der Waals surface area contributed by atoms with Crippen LogP contribution in [0.2, 0.25) is 0 Å². The van der Waals surface area contributed by atoms with Crippen molar-refractivity contribution in [2.75, 3.05) is 6.61 Å². The Morgan fingerprint density at radius 3 is 2.54 bits per heavy atom. The molecule has 0 spiro atoms. The summed E-state index contributed by atoms with van der Waals surface area (Å²) in [5.74, 6) is 0.527.